The molecule has 5 nitrogen and oxygen atoms in total. The number of para-hydroxylation sites is 1. The molecule has 0 saturated carbocycles. The lowest BCUT2D eigenvalue weighted by Gasteiger charge is -2.13. The number of rotatable bonds is 7. The molecule has 1 N–H and O–H groups in total. The van der Waals surface area contributed by atoms with E-state index in [1.54, 1.807) is 13.3 Å². The van der Waals surface area contributed by atoms with Crippen molar-refractivity contribution in [3.63, 3.8) is 0 Å². The molecular weight excluding hydrogens is 316 g/mol. The Kier molecular flexibility index (Phi) is 6.57. The minimum Gasteiger partial charge on any atom is -0.496 e. The summed E-state index contributed by atoms with van der Waals surface area (Å²) < 4.78 is 10.8. The molecule has 2 aromatic carbocycles. The van der Waals surface area contributed by atoms with E-state index in [1.807, 2.05) is 49.4 Å². The zero-order valence-electron chi connectivity index (χ0n) is 15.1. The van der Waals surface area contributed by atoms with E-state index in [0.29, 0.717) is 5.92 Å². The van der Waals surface area contributed by atoms with Gasteiger partial charge < -0.3 is 9.47 Å². The van der Waals surface area contributed by atoms with Gasteiger partial charge in [-0.15, -0.1) is 0 Å². The van der Waals surface area contributed by atoms with Crippen LogP contribution >= 0.6 is 0 Å². The van der Waals surface area contributed by atoms with E-state index in [2.05, 4.69) is 24.4 Å². The summed E-state index contributed by atoms with van der Waals surface area (Å²) in [4.78, 5) is 11.9. The van der Waals surface area contributed by atoms with Crippen LogP contribution in [-0.4, -0.2) is 25.8 Å². The second-order valence-corrected chi connectivity index (χ2v) is 6.00. The molecular formula is C20H24N2O3. The predicted molar refractivity (Wildman–Crippen MR) is 99.5 cm³/mol. The van der Waals surface area contributed by atoms with Crippen molar-refractivity contribution in [2.45, 2.75) is 26.7 Å². The summed E-state index contributed by atoms with van der Waals surface area (Å²) in [6, 6.07) is 13.4. The molecule has 0 radical (unpaired) electrons. The molecule has 2 rings (SSSR count). The molecule has 0 atom stereocenters. The van der Waals surface area contributed by atoms with Crippen molar-refractivity contribution < 1.29 is 14.3 Å². The minimum atomic E-state index is -0.306. The Labute approximate surface area is 148 Å². The first-order chi connectivity index (χ1) is 12.0. The molecule has 0 fully saturated rings. The normalized spacial score (nSPS) is 10.9. The van der Waals surface area contributed by atoms with Crippen molar-refractivity contribution in [3.8, 4) is 11.5 Å². The van der Waals surface area contributed by atoms with Gasteiger partial charge in [0, 0.05) is 0 Å². The molecule has 0 aliphatic rings. The zero-order chi connectivity index (χ0) is 18.2. The fourth-order valence-corrected chi connectivity index (χ4v) is 2.43. The summed E-state index contributed by atoms with van der Waals surface area (Å²) >= 11 is 0. The number of amides is 1. The Hall–Kier alpha value is -2.82. The zero-order valence-corrected chi connectivity index (χ0v) is 15.1. The summed E-state index contributed by atoms with van der Waals surface area (Å²) in [6.45, 7) is 6.05. The lowest BCUT2D eigenvalue weighted by Crippen LogP contribution is -2.24. The standard InChI is InChI=1S/C20H24N2O3/c1-14(2)17-7-5-6-8-19(17)25-13-20(23)22-21-12-16-9-10-18(24-4)15(3)11-16/h5-12,14H,13H2,1-4H3,(H,22,23). The fourth-order valence-electron chi connectivity index (χ4n) is 2.43. The number of carbonyl (C=O) groups is 1. The second kappa shape index (κ2) is 8.87. The summed E-state index contributed by atoms with van der Waals surface area (Å²) in [5, 5.41) is 3.96. The number of carbonyl (C=O) groups excluding carboxylic acids is 1. The Morgan fingerprint density at radius 1 is 1.20 bits per heavy atom. The van der Waals surface area contributed by atoms with Crippen LogP contribution in [-0.2, 0) is 4.79 Å². The average molecular weight is 340 g/mol. The SMILES string of the molecule is COc1ccc(C=NNC(=O)COc2ccccc2C(C)C)cc1C. The van der Waals surface area contributed by atoms with Crippen LogP contribution in [0.1, 0.15) is 36.5 Å². The van der Waals surface area contributed by atoms with Gasteiger partial charge in [-0.3, -0.25) is 4.79 Å². The van der Waals surface area contributed by atoms with E-state index >= 15 is 0 Å². The van der Waals surface area contributed by atoms with Gasteiger partial charge in [-0.1, -0.05) is 32.0 Å². The van der Waals surface area contributed by atoms with E-state index in [-0.39, 0.29) is 12.5 Å². The molecule has 2 aromatic rings. The number of nitrogens with one attached hydrogen (secondary N) is 1. The van der Waals surface area contributed by atoms with Gasteiger partial charge in [-0.25, -0.2) is 5.43 Å². The smallest absolute Gasteiger partial charge is 0.277 e. The van der Waals surface area contributed by atoms with Gasteiger partial charge in [-0.05, 0) is 53.8 Å². The molecule has 0 saturated heterocycles. The highest BCUT2D eigenvalue weighted by atomic mass is 16.5. The van der Waals surface area contributed by atoms with Crippen LogP contribution in [0.25, 0.3) is 0 Å². The van der Waals surface area contributed by atoms with Crippen LogP contribution in [0.15, 0.2) is 47.6 Å². The van der Waals surface area contributed by atoms with Gasteiger partial charge in [0.2, 0.25) is 0 Å². The molecule has 5 heteroatoms. The third-order valence-corrected chi connectivity index (χ3v) is 3.72. The Bertz CT molecular complexity index is 754. The third-order valence-electron chi connectivity index (χ3n) is 3.72. The molecule has 1 amide bonds. The summed E-state index contributed by atoms with van der Waals surface area (Å²) in [5.74, 6) is 1.57. The van der Waals surface area contributed by atoms with Crippen molar-refractivity contribution in [3.05, 3.63) is 59.2 Å². The van der Waals surface area contributed by atoms with E-state index < -0.39 is 0 Å². The van der Waals surface area contributed by atoms with Gasteiger partial charge in [0.1, 0.15) is 11.5 Å². The number of benzene rings is 2. The second-order valence-electron chi connectivity index (χ2n) is 6.00. The van der Waals surface area contributed by atoms with Gasteiger partial charge in [-0.2, -0.15) is 5.10 Å². The molecule has 25 heavy (non-hydrogen) atoms. The van der Waals surface area contributed by atoms with Crippen LogP contribution in [0.3, 0.4) is 0 Å². The quantitative estimate of drug-likeness (QED) is 0.618. The summed E-state index contributed by atoms with van der Waals surface area (Å²) in [6.07, 6.45) is 1.59. The Morgan fingerprint density at radius 2 is 1.96 bits per heavy atom. The minimum absolute atomic E-state index is 0.0806. The summed E-state index contributed by atoms with van der Waals surface area (Å²) in [5.41, 5.74) is 5.43. The number of hydrogen-bond acceptors (Lipinski definition) is 4. The van der Waals surface area contributed by atoms with Crippen LogP contribution in [0, 0.1) is 6.92 Å². The van der Waals surface area contributed by atoms with Crippen LogP contribution in [0.5, 0.6) is 11.5 Å². The van der Waals surface area contributed by atoms with Crippen molar-refractivity contribution in [2.75, 3.05) is 13.7 Å². The molecule has 132 valence electrons. The highest BCUT2D eigenvalue weighted by Crippen LogP contribution is 2.25. The lowest BCUT2D eigenvalue weighted by molar-refractivity contribution is -0.123. The maximum Gasteiger partial charge on any atom is 0.277 e. The van der Waals surface area contributed by atoms with Crippen molar-refractivity contribution in [1.29, 1.82) is 0 Å². The van der Waals surface area contributed by atoms with Crippen molar-refractivity contribution in [1.82, 2.24) is 5.43 Å². The lowest BCUT2D eigenvalue weighted by atomic mass is 10.0. The molecule has 0 aliphatic carbocycles. The maximum absolute atomic E-state index is 11.9. The van der Waals surface area contributed by atoms with Gasteiger partial charge in [0.25, 0.3) is 5.91 Å². The molecule has 0 bridgehead atoms. The van der Waals surface area contributed by atoms with Crippen molar-refractivity contribution in [2.24, 2.45) is 5.10 Å². The average Bonchev–Trinajstić information content (AvgIpc) is 2.60. The molecule has 0 spiro atoms. The first-order valence-electron chi connectivity index (χ1n) is 8.19. The van der Waals surface area contributed by atoms with Gasteiger partial charge >= 0.3 is 0 Å². The Morgan fingerprint density at radius 3 is 2.64 bits per heavy atom. The number of ether oxygens (including phenoxy) is 2. The summed E-state index contributed by atoms with van der Waals surface area (Å²) in [7, 11) is 1.63. The number of methoxy groups -OCH3 is 1. The maximum atomic E-state index is 11.9. The van der Waals surface area contributed by atoms with Gasteiger partial charge in [0.05, 0.1) is 13.3 Å². The van der Waals surface area contributed by atoms with E-state index in [1.165, 1.54) is 0 Å². The van der Waals surface area contributed by atoms with Crippen LogP contribution < -0.4 is 14.9 Å². The van der Waals surface area contributed by atoms with Crippen LogP contribution in [0.4, 0.5) is 0 Å². The number of hydrogen-bond donors (Lipinski definition) is 1. The molecule has 0 unspecified atom stereocenters. The van der Waals surface area contributed by atoms with Crippen molar-refractivity contribution >= 4 is 12.1 Å². The molecule has 0 aromatic heterocycles. The number of aryl methyl sites for hydroxylation is 1. The number of nitrogens with zero attached hydrogens (tertiary/aromatic N) is 1. The predicted octanol–water partition coefficient (Wildman–Crippen LogP) is 3.66. The first-order valence-corrected chi connectivity index (χ1v) is 8.19. The van der Waals surface area contributed by atoms with E-state index in [0.717, 1.165) is 28.2 Å². The molecule has 0 aliphatic heterocycles. The highest BCUT2D eigenvalue weighted by Gasteiger charge is 2.08. The highest BCUT2D eigenvalue weighted by molar-refractivity contribution is 5.83. The fraction of sp³-hybridized carbons (Fsp3) is 0.300. The van der Waals surface area contributed by atoms with Crippen LogP contribution in [0.2, 0.25) is 0 Å². The Balaban J connectivity index is 1.88. The van der Waals surface area contributed by atoms with Gasteiger partial charge in [0.15, 0.2) is 6.61 Å². The molecule has 0 heterocycles. The largest absolute Gasteiger partial charge is 0.496 e. The van der Waals surface area contributed by atoms with E-state index in [4.69, 9.17) is 9.47 Å². The third kappa shape index (κ3) is 5.35. The van der Waals surface area contributed by atoms with E-state index in [9.17, 15) is 4.79 Å². The number of hydrazone groups is 1. The topological polar surface area (TPSA) is 59.9 Å². The first kappa shape index (κ1) is 18.5. The monoisotopic (exact) mass is 340 g/mol.